The molecule has 2 aliphatic rings. The Morgan fingerprint density at radius 2 is 1.87 bits per heavy atom. The Bertz CT molecular complexity index is 516. The number of hydrogen-bond acceptors (Lipinski definition) is 5. The Morgan fingerprint density at radius 3 is 2.48 bits per heavy atom. The van der Waals surface area contributed by atoms with E-state index in [0.717, 1.165) is 13.1 Å². The first-order chi connectivity index (χ1) is 11.2. The molecule has 1 aliphatic heterocycles. The minimum Gasteiger partial charge on any atom is -0.476 e. The average Bonchev–Trinajstić information content (AvgIpc) is 2.58. The summed E-state index contributed by atoms with van der Waals surface area (Å²) in [6, 6.07) is 0. The van der Waals surface area contributed by atoms with E-state index >= 15 is 0 Å². The van der Waals surface area contributed by atoms with Gasteiger partial charge in [-0.15, -0.1) is 0 Å². The summed E-state index contributed by atoms with van der Waals surface area (Å²) in [6.07, 6.45) is 12.6. The minimum absolute atomic E-state index is 0.0237. The molecule has 2 N–H and O–H groups in total. The molecule has 0 radical (unpaired) electrons. The van der Waals surface area contributed by atoms with Crippen molar-refractivity contribution in [1.82, 2.24) is 14.9 Å². The van der Waals surface area contributed by atoms with Gasteiger partial charge in [0.1, 0.15) is 5.82 Å². The van der Waals surface area contributed by atoms with Gasteiger partial charge >= 0.3 is 5.97 Å². The number of hydrogen-bond donors (Lipinski definition) is 2. The van der Waals surface area contributed by atoms with Crippen LogP contribution in [-0.4, -0.2) is 52.1 Å². The van der Waals surface area contributed by atoms with Gasteiger partial charge < -0.3 is 15.3 Å². The van der Waals surface area contributed by atoms with Crippen LogP contribution in [0.3, 0.4) is 0 Å². The molecule has 1 aromatic rings. The molecule has 6 heteroatoms. The second kappa shape index (κ2) is 7.25. The SMILES string of the molecule is O=C(O)c1cnc(NCCN2CCC3(CCCCC3)CC2)cn1. The highest BCUT2D eigenvalue weighted by molar-refractivity contribution is 5.84. The van der Waals surface area contributed by atoms with Crippen LogP contribution in [0.2, 0.25) is 0 Å². The van der Waals surface area contributed by atoms with Crippen molar-refractivity contribution >= 4 is 11.8 Å². The monoisotopic (exact) mass is 318 g/mol. The number of aromatic carboxylic acids is 1. The lowest BCUT2D eigenvalue weighted by Gasteiger charge is -2.44. The maximum absolute atomic E-state index is 10.7. The predicted molar refractivity (Wildman–Crippen MR) is 88.7 cm³/mol. The van der Waals surface area contributed by atoms with E-state index in [4.69, 9.17) is 5.11 Å². The van der Waals surface area contributed by atoms with Gasteiger partial charge in [0.2, 0.25) is 0 Å². The van der Waals surface area contributed by atoms with E-state index in [1.807, 2.05) is 0 Å². The Hall–Kier alpha value is -1.69. The summed E-state index contributed by atoms with van der Waals surface area (Å²) in [5.74, 6) is -0.412. The van der Waals surface area contributed by atoms with Crippen LogP contribution >= 0.6 is 0 Å². The first-order valence-corrected chi connectivity index (χ1v) is 8.69. The fourth-order valence-electron chi connectivity index (χ4n) is 3.92. The van der Waals surface area contributed by atoms with Crippen molar-refractivity contribution in [2.24, 2.45) is 5.41 Å². The third-order valence-electron chi connectivity index (χ3n) is 5.44. The number of carboxylic acid groups (broad SMARTS) is 1. The fraction of sp³-hybridized carbons (Fsp3) is 0.706. The molecule has 0 unspecified atom stereocenters. The summed E-state index contributed by atoms with van der Waals surface area (Å²) in [5, 5.41) is 12.0. The average molecular weight is 318 g/mol. The highest BCUT2D eigenvalue weighted by atomic mass is 16.4. The number of likely N-dealkylation sites (tertiary alicyclic amines) is 1. The van der Waals surface area contributed by atoms with Gasteiger partial charge in [-0.05, 0) is 44.2 Å². The lowest BCUT2D eigenvalue weighted by molar-refractivity contribution is 0.0689. The molecular formula is C17H26N4O2. The fourth-order valence-corrected chi connectivity index (χ4v) is 3.92. The van der Waals surface area contributed by atoms with E-state index in [2.05, 4.69) is 20.2 Å². The summed E-state index contributed by atoms with van der Waals surface area (Å²) in [4.78, 5) is 21.2. The molecule has 2 heterocycles. The lowest BCUT2D eigenvalue weighted by Crippen LogP contribution is -2.42. The molecular weight excluding hydrogens is 292 g/mol. The maximum atomic E-state index is 10.7. The molecule has 1 aromatic heterocycles. The molecule has 1 spiro atoms. The quantitative estimate of drug-likeness (QED) is 0.869. The smallest absolute Gasteiger partial charge is 0.356 e. The largest absolute Gasteiger partial charge is 0.476 e. The second-order valence-electron chi connectivity index (χ2n) is 6.92. The normalized spacial score (nSPS) is 21.2. The van der Waals surface area contributed by atoms with E-state index in [9.17, 15) is 4.79 Å². The van der Waals surface area contributed by atoms with E-state index in [1.54, 1.807) is 0 Å². The molecule has 0 amide bonds. The third-order valence-corrected chi connectivity index (χ3v) is 5.44. The summed E-state index contributed by atoms with van der Waals surface area (Å²) >= 11 is 0. The van der Waals surface area contributed by atoms with Gasteiger partial charge in [0.05, 0.1) is 12.4 Å². The van der Waals surface area contributed by atoms with Gasteiger partial charge in [0, 0.05) is 13.1 Å². The number of nitrogens with one attached hydrogen (secondary N) is 1. The highest BCUT2D eigenvalue weighted by Crippen LogP contribution is 2.44. The molecule has 1 aliphatic carbocycles. The van der Waals surface area contributed by atoms with Crippen LogP contribution < -0.4 is 5.32 Å². The zero-order chi connectivity index (χ0) is 16.1. The Labute approximate surface area is 137 Å². The molecule has 6 nitrogen and oxygen atoms in total. The number of carbonyl (C=O) groups is 1. The van der Waals surface area contributed by atoms with Crippen LogP contribution in [0.25, 0.3) is 0 Å². The van der Waals surface area contributed by atoms with Crippen molar-refractivity contribution in [2.45, 2.75) is 44.9 Å². The molecule has 3 rings (SSSR count). The summed E-state index contributed by atoms with van der Waals surface area (Å²) in [6.45, 7) is 4.21. The first kappa shape index (κ1) is 16.2. The van der Waals surface area contributed by atoms with Gasteiger partial charge in [-0.2, -0.15) is 0 Å². The number of aromatic nitrogens is 2. The van der Waals surface area contributed by atoms with Crippen LogP contribution in [0.15, 0.2) is 12.4 Å². The van der Waals surface area contributed by atoms with Crippen molar-refractivity contribution in [3.8, 4) is 0 Å². The lowest BCUT2D eigenvalue weighted by atomic mass is 9.68. The number of anilines is 1. The molecule has 0 aromatic carbocycles. The van der Waals surface area contributed by atoms with Crippen LogP contribution in [0.1, 0.15) is 55.4 Å². The van der Waals surface area contributed by atoms with Crippen molar-refractivity contribution < 1.29 is 9.90 Å². The predicted octanol–water partition coefficient (Wildman–Crippen LogP) is 2.63. The van der Waals surface area contributed by atoms with Gasteiger partial charge in [0.25, 0.3) is 0 Å². The number of rotatable bonds is 5. The van der Waals surface area contributed by atoms with Gasteiger partial charge in [-0.25, -0.2) is 14.8 Å². The maximum Gasteiger partial charge on any atom is 0.356 e. The number of carboxylic acids is 1. The molecule has 1 saturated heterocycles. The summed E-state index contributed by atoms with van der Waals surface area (Å²) in [5.41, 5.74) is 0.629. The Morgan fingerprint density at radius 1 is 1.13 bits per heavy atom. The Kier molecular flexibility index (Phi) is 5.10. The van der Waals surface area contributed by atoms with E-state index in [1.165, 1.54) is 70.4 Å². The van der Waals surface area contributed by atoms with E-state index in [0.29, 0.717) is 11.2 Å². The molecule has 2 fully saturated rings. The summed E-state index contributed by atoms with van der Waals surface area (Å²) < 4.78 is 0. The van der Waals surface area contributed by atoms with Crippen molar-refractivity contribution in [1.29, 1.82) is 0 Å². The third kappa shape index (κ3) is 4.19. The molecule has 0 bridgehead atoms. The standard InChI is InChI=1S/C17H26N4O2/c22-16(23)14-12-20-15(13-19-14)18-8-11-21-9-6-17(7-10-21)4-2-1-3-5-17/h12-13H,1-11H2,(H,18,20)(H,22,23). The summed E-state index contributed by atoms with van der Waals surface area (Å²) in [7, 11) is 0. The van der Waals surface area contributed by atoms with E-state index in [-0.39, 0.29) is 5.69 Å². The van der Waals surface area contributed by atoms with Crippen molar-refractivity contribution in [3.63, 3.8) is 0 Å². The minimum atomic E-state index is -1.05. The highest BCUT2D eigenvalue weighted by Gasteiger charge is 2.35. The van der Waals surface area contributed by atoms with Crippen molar-refractivity contribution in [3.05, 3.63) is 18.1 Å². The molecule has 0 atom stereocenters. The Balaban J connectivity index is 1.39. The first-order valence-electron chi connectivity index (χ1n) is 8.69. The van der Waals surface area contributed by atoms with Crippen LogP contribution in [-0.2, 0) is 0 Å². The zero-order valence-electron chi connectivity index (χ0n) is 13.6. The number of nitrogens with zero attached hydrogens (tertiary/aromatic N) is 3. The van der Waals surface area contributed by atoms with Gasteiger partial charge in [0.15, 0.2) is 5.69 Å². The van der Waals surface area contributed by atoms with Crippen LogP contribution in [0.4, 0.5) is 5.82 Å². The number of piperidine rings is 1. The molecule has 1 saturated carbocycles. The molecule has 126 valence electrons. The van der Waals surface area contributed by atoms with E-state index < -0.39 is 5.97 Å². The van der Waals surface area contributed by atoms with Crippen LogP contribution in [0.5, 0.6) is 0 Å². The van der Waals surface area contributed by atoms with Crippen molar-refractivity contribution in [2.75, 3.05) is 31.5 Å². The zero-order valence-corrected chi connectivity index (χ0v) is 13.6. The van der Waals surface area contributed by atoms with Gasteiger partial charge in [-0.1, -0.05) is 19.3 Å². The second-order valence-corrected chi connectivity index (χ2v) is 6.92. The van der Waals surface area contributed by atoms with Crippen LogP contribution in [0, 0.1) is 5.41 Å². The topological polar surface area (TPSA) is 78.3 Å². The van der Waals surface area contributed by atoms with Gasteiger partial charge in [-0.3, -0.25) is 0 Å². The molecule has 23 heavy (non-hydrogen) atoms.